The number of hydrogen-bond acceptors (Lipinski definition) is 6. The zero-order chi connectivity index (χ0) is 57.1. The summed E-state index contributed by atoms with van der Waals surface area (Å²) in [7, 11) is 0. The summed E-state index contributed by atoms with van der Waals surface area (Å²) in [6.07, 6.45) is 87.0. The molecule has 0 aromatic rings. The Morgan fingerprint density at radius 3 is 0.772 bits per heavy atom. The van der Waals surface area contributed by atoms with Crippen LogP contribution in [0.25, 0.3) is 0 Å². The van der Waals surface area contributed by atoms with Gasteiger partial charge in [0.25, 0.3) is 0 Å². The summed E-state index contributed by atoms with van der Waals surface area (Å²) in [5.74, 6) is -0.848. The number of rotatable bonds is 64. The molecule has 6 heteroatoms. The number of carbonyl (C=O) groups is 3. The van der Waals surface area contributed by atoms with Crippen LogP contribution in [0.5, 0.6) is 0 Å². The standard InChI is InChI=1S/C73H132O6/c1-4-7-10-13-16-19-21-23-25-27-29-31-33-34-35-36-37-38-39-40-41-43-44-46-48-50-52-54-57-60-63-66-72(75)78-69-70(68-77-71(74)65-62-59-56-18-15-12-9-6-3)79-73(76)67-64-61-58-55-53-51-49-47-45-42-32-30-28-26-24-22-20-17-14-11-8-5-2/h7,10,16,19,23,25,29,31,34-35,70H,4-6,8-9,11-15,17-18,20-22,24,26-28,30,32-33,36-69H2,1-3H3/b10-7-,19-16-,25-23-,31-29-,35-34-. The lowest BCUT2D eigenvalue weighted by molar-refractivity contribution is -0.167. The molecule has 0 bridgehead atoms. The number of carbonyl (C=O) groups excluding carboxylic acids is 3. The van der Waals surface area contributed by atoms with Gasteiger partial charge >= 0.3 is 17.9 Å². The first kappa shape index (κ1) is 76.1. The minimum absolute atomic E-state index is 0.0678. The van der Waals surface area contributed by atoms with Gasteiger partial charge in [0, 0.05) is 19.3 Å². The molecule has 0 radical (unpaired) electrons. The van der Waals surface area contributed by atoms with Crippen molar-refractivity contribution in [3.05, 3.63) is 60.8 Å². The van der Waals surface area contributed by atoms with Gasteiger partial charge in [0.15, 0.2) is 6.10 Å². The van der Waals surface area contributed by atoms with Crippen LogP contribution in [0.3, 0.4) is 0 Å². The molecule has 0 spiro atoms. The van der Waals surface area contributed by atoms with Crippen molar-refractivity contribution in [1.82, 2.24) is 0 Å². The van der Waals surface area contributed by atoms with Crippen LogP contribution >= 0.6 is 0 Å². The molecule has 460 valence electrons. The van der Waals surface area contributed by atoms with E-state index in [0.29, 0.717) is 19.3 Å². The van der Waals surface area contributed by atoms with Gasteiger partial charge in [0.2, 0.25) is 0 Å². The van der Waals surface area contributed by atoms with Crippen molar-refractivity contribution in [1.29, 1.82) is 0 Å². The highest BCUT2D eigenvalue weighted by Gasteiger charge is 2.19. The highest BCUT2D eigenvalue weighted by atomic mass is 16.6. The molecule has 0 saturated carbocycles. The Balaban J connectivity index is 4.06. The first-order valence-corrected chi connectivity index (χ1v) is 34.8. The maximum Gasteiger partial charge on any atom is 0.306 e. The van der Waals surface area contributed by atoms with E-state index in [-0.39, 0.29) is 31.1 Å². The largest absolute Gasteiger partial charge is 0.462 e. The summed E-state index contributed by atoms with van der Waals surface area (Å²) >= 11 is 0. The Bertz CT molecular complexity index is 1410. The lowest BCUT2D eigenvalue weighted by Gasteiger charge is -2.18. The van der Waals surface area contributed by atoms with Gasteiger partial charge in [0.1, 0.15) is 13.2 Å². The second-order valence-electron chi connectivity index (χ2n) is 23.4. The van der Waals surface area contributed by atoms with E-state index in [0.717, 1.165) is 89.9 Å². The number of esters is 3. The second kappa shape index (κ2) is 67.6. The quantitative estimate of drug-likeness (QED) is 0.0261. The molecule has 0 rings (SSSR count). The van der Waals surface area contributed by atoms with Gasteiger partial charge in [-0.05, 0) is 64.2 Å². The molecular weight excluding hydrogens is 973 g/mol. The average molecular weight is 1110 g/mol. The van der Waals surface area contributed by atoms with Gasteiger partial charge in [0.05, 0.1) is 0 Å². The fraction of sp³-hybridized carbons (Fsp3) is 0.822. The van der Waals surface area contributed by atoms with Gasteiger partial charge < -0.3 is 14.2 Å². The zero-order valence-electron chi connectivity index (χ0n) is 52.9. The molecule has 0 saturated heterocycles. The molecule has 1 atom stereocenters. The van der Waals surface area contributed by atoms with Crippen LogP contribution < -0.4 is 0 Å². The molecule has 0 aliphatic carbocycles. The summed E-state index contributed by atoms with van der Waals surface area (Å²) < 4.78 is 16.9. The van der Waals surface area contributed by atoms with Crippen molar-refractivity contribution in [2.75, 3.05) is 13.2 Å². The van der Waals surface area contributed by atoms with E-state index in [1.807, 2.05) is 0 Å². The van der Waals surface area contributed by atoms with E-state index in [9.17, 15) is 14.4 Å². The van der Waals surface area contributed by atoms with E-state index in [1.54, 1.807) is 0 Å². The molecule has 0 fully saturated rings. The predicted molar refractivity (Wildman–Crippen MR) is 344 cm³/mol. The Hall–Kier alpha value is -2.89. The van der Waals surface area contributed by atoms with E-state index >= 15 is 0 Å². The van der Waals surface area contributed by atoms with Crippen LogP contribution in [-0.2, 0) is 28.6 Å². The first-order chi connectivity index (χ1) is 39.0. The van der Waals surface area contributed by atoms with Gasteiger partial charge in [-0.3, -0.25) is 14.4 Å². The minimum Gasteiger partial charge on any atom is -0.462 e. The molecule has 0 aromatic carbocycles. The molecule has 0 aliphatic rings. The fourth-order valence-corrected chi connectivity index (χ4v) is 10.4. The monoisotopic (exact) mass is 1110 g/mol. The van der Waals surface area contributed by atoms with E-state index in [1.165, 1.54) is 238 Å². The van der Waals surface area contributed by atoms with Gasteiger partial charge in [-0.25, -0.2) is 0 Å². The van der Waals surface area contributed by atoms with Crippen LogP contribution in [0.2, 0.25) is 0 Å². The zero-order valence-corrected chi connectivity index (χ0v) is 52.9. The molecule has 6 nitrogen and oxygen atoms in total. The van der Waals surface area contributed by atoms with Crippen LogP contribution in [0.1, 0.15) is 367 Å². The molecule has 1 unspecified atom stereocenters. The predicted octanol–water partition coefficient (Wildman–Crippen LogP) is 23.9. The topological polar surface area (TPSA) is 78.9 Å². The first-order valence-electron chi connectivity index (χ1n) is 34.8. The molecule has 0 heterocycles. The minimum atomic E-state index is -0.769. The normalized spacial score (nSPS) is 12.4. The van der Waals surface area contributed by atoms with Gasteiger partial charge in [-0.1, -0.05) is 345 Å². The average Bonchev–Trinajstić information content (AvgIpc) is 3.45. The summed E-state index contributed by atoms with van der Waals surface area (Å²) in [5, 5.41) is 0. The molecule has 79 heavy (non-hydrogen) atoms. The van der Waals surface area contributed by atoms with E-state index in [2.05, 4.69) is 81.5 Å². The molecule has 0 aromatic heterocycles. The van der Waals surface area contributed by atoms with Crippen molar-refractivity contribution in [3.8, 4) is 0 Å². The highest BCUT2D eigenvalue weighted by Crippen LogP contribution is 2.18. The summed E-state index contributed by atoms with van der Waals surface area (Å²) in [5.41, 5.74) is 0. The summed E-state index contributed by atoms with van der Waals surface area (Å²) in [6.45, 7) is 6.56. The Kier molecular flexibility index (Phi) is 65.1. The van der Waals surface area contributed by atoms with Gasteiger partial charge in [-0.15, -0.1) is 0 Å². The fourth-order valence-electron chi connectivity index (χ4n) is 10.4. The maximum atomic E-state index is 12.9. The molecule has 0 aliphatic heterocycles. The number of unbranched alkanes of at least 4 members (excludes halogenated alkanes) is 43. The lowest BCUT2D eigenvalue weighted by atomic mass is 10.0. The SMILES string of the molecule is CC/C=C\C/C=C\C/C=C\C/C=C\C/C=C\CCCCCCCCCCCCCCCCCC(=O)OCC(COC(=O)CCCCCCCCCC)OC(=O)CCCCCCCCCCCCCCCCCCCCCCCC. The molecule has 0 amide bonds. The van der Waals surface area contributed by atoms with Crippen molar-refractivity contribution in [3.63, 3.8) is 0 Å². The number of ether oxygens (including phenoxy) is 3. The second-order valence-corrected chi connectivity index (χ2v) is 23.4. The Labute approximate surface area is 491 Å². The van der Waals surface area contributed by atoms with Crippen LogP contribution in [-0.4, -0.2) is 37.2 Å². The van der Waals surface area contributed by atoms with Crippen molar-refractivity contribution in [2.45, 2.75) is 374 Å². The van der Waals surface area contributed by atoms with Gasteiger partial charge in [-0.2, -0.15) is 0 Å². The molecular formula is C73H132O6. The van der Waals surface area contributed by atoms with Crippen LogP contribution in [0.4, 0.5) is 0 Å². The van der Waals surface area contributed by atoms with Crippen LogP contribution in [0.15, 0.2) is 60.8 Å². The van der Waals surface area contributed by atoms with Crippen molar-refractivity contribution < 1.29 is 28.6 Å². The maximum absolute atomic E-state index is 12.9. The smallest absolute Gasteiger partial charge is 0.306 e. The van der Waals surface area contributed by atoms with E-state index < -0.39 is 6.10 Å². The highest BCUT2D eigenvalue weighted by molar-refractivity contribution is 5.71. The number of allylic oxidation sites excluding steroid dienone is 10. The third kappa shape index (κ3) is 65.8. The van der Waals surface area contributed by atoms with E-state index in [4.69, 9.17) is 14.2 Å². The molecule has 0 N–H and O–H groups in total. The number of hydrogen-bond donors (Lipinski definition) is 0. The summed E-state index contributed by atoms with van der Waals surface area (Å²) in [4.78, 5) is 38.2. The third-order valence-corrected chi connectivity index (χ3v) is 15.5. The Morgan fingerprint density at radius 1 is 0.266 bits per heavy atom. The van der Waals surface area contributed by atoms with Crippen molar-refractivity contribution >= 4 is 17.9 Å². The summed E-state index contributed by atoms with van der Waals surface area (Å²) in [6, 6.07) is 0. The Morgan fingerprint density at radius 2 is 0.494 bits per heavy atom. The van der Waals surface area contributed by atoms with Crippen molar-refractivity contribution in [2.24, 2.45) is 0 Å². The van der Waals surface area contributed by atoms with Crippen LogP contribution in [0, 0.1) is 0 Å². The third-order valence-electron chi connectivity index (χ3n) is 15.5. The lowest BCUT2D eigenvalue weighted by Crippen LogP contribution is -2.30.